The van der Waals surface area contributed by atoms with Crippen LogP contribution in [0.15, 0.2) is 47.3 Å². The highest BCUT2D eigenvalue weighted by atomic mass is 35.5. The molecule has 2 fully saturated rings. The maximum Gasteiger partial charge on any atom is 0.223 e. The minimum Gasteiger partial charge on any atom is -0.472 e. The highest BCUT2D eigenvalue weighted by Gasteiger charge is 2.44. The molecule has 0 aliphatic carbocycles. The average Bonchev–Trinajstić information content (AvgIpc) is 3.21. The van der Waals surface area contributed by atoms with Gasteiger partial charge in [-0.1, -0.05) is 23.7 Å². The van der Waals surface area contributed by atoms with Gasteiger partial charge in [0.1, 0.15) is 0 Å². The molecule has 3 heterocycles. The van der Waals surface area contributed by atoms with Crippen molar-refractivity contribution < 1.29 is 9.21 Å². The zero-order valence-corrected chi connectivity index (χ0v) is 15.0. The topological polar surface area (TPSA) is 36.7 Å². The van der Waals surface area contributed by atoms with Crippen molar-refractivity contribution in [3.8, 4) is 0 Å². The Kier molecular flexibility index (Phi) is 4.57. The molecule has 1 spiro atoms. The molecule has 2 saturated heterocycles. The summed E-state index contributed by atoms with van der Waals surface area (Å²) in [4.78, 5) is 17.0. The number of rotatable bonds is 4. The first-order chi connectivity index (χ1) is 12.1. The van der Waals surface area contributed by atoms with Gasteiger partial charge < -0.3 is 9.32 Å². The number of hydrogen-bond acceptors (Lipinski definition) is 3. The molecule has 0 unspecified atom stereocenters. The normalized spacial score (nSPS) is 20.5. The van der Waals surface area contributed by atoms with E-state index in [-0.39, 0.29) is 5.41 Å². The lowest BCUT2D eigenvalue weighted by Crippen LogP contribution is -2.41. The van der Waals surface area contributed by atoms with Gasteiger partial charge in [0.15, 0.2) is 0 Å². The van der Waals surface area contributed by atoms with Crippen LogP contribution in [0.1, 0.15) is 30.4 Å². The molecule has 2 aliphatic rings. The Morgan fingerprint density at radius 2 is 1.80 bits per heavy atom. The molecule has 0 radical (unpaired) electrons. The zero-order chi connectivity index (χ0) is 17.3. The average molecular weight is 359 g/mol. The first-order valence-electron chi connectivity index (χ1n) is 8.88. The summed E-state index contributed by atoms with van der Waals surface area (Å²) in [6.07, 6.45) is 6.42. The summed E-state index contributed by atoms with van der Waals surface area (Å²) in [5, 5.41) is 0.734. The number of piperidine rings is 1. The third-order valence-corrected chi connectivity index (χ3v) is 5.85. The molecular formula is C20H23ClN2O2. The van der Waals surface area contributed by atoms with Crippen molar-refractivity contribution in [2.45, 2.75) is 32.4 Å². The SMILES string of the molecule is O=C1CC2(CCN(Cc3ccoc3)CC2)CN1Cc1ccc(Cl)cc1. The van der Waals surface area contributed by atoms with Crippen LogP contribution in [0.2, 0.25) is 5.02 Å². The summed E-state index contributed by atoms with van der Waals surface area (Å²) in [5.41, 5.74) is 2.53. The fourth-order valence-corrected chi connectivity index (χ4v) is 4.22. The van der Waals surface area contributed by atoms with Gasteiger partial charge in [-0.05, 0) is 55.1 Å². The van der Waals surface area contributed by atoms with E-state index in [0.717, 1.165) is 49.6 Å². The van der Waals surface area contributed by atoms with E-state index in [1.54, 1.807) is 6.26 Å². The number of furan rings is 1. The van der Waals surface area contributed by atoms with E-state index in [0.29, 0.717) is 18.9 Å². The van der Waals surface area contributed by atoms with Crippen molar-refractivity contribution in [3.63, 3.8) is 0 Å². The Bertz CT molecular complexity index is 719. The van der Waals surface area contributed by atoms with Crippen LogP contribution in [0.25, 0.3) is 0 Å². The lowest BCUT2D eigenvalue weighted by atomic mass is 9.77. The van der Waals surface area contributed by atoms with Crippen LogP contribution in [-0.2, 0) is 17.9 Å². The van der Waals surface area contributed by atoms with E-state index in [2.05, 4.69) is 4.90 Å². The third kappa shape index (κ3) is 3.75. The van der Waals surface area contributed by atoms with Crippen LogP contribution in [0.4, 0.5) is 0 Å². The molecule has 0 bridgehead atoms. The predicted octanol–water partition coefficient (Wildman–Crippen LogP) is 3.95. The van der Waals surface area contributed by atoms with Gasteiger partial charge in [-0.3, -0.25) is 9.69 Å². The predicted molar refractivity (Wildman–Crippen MR) is 97.1 cm³/mol. The third-order valence-electron chi connectivity index (χ3n) is 5.59. The number of amides is 1. The van der Waals surface area contributed by atoms with Gasteiger partial charge in [0.2, 0.25) is 5.91 Å². The first-order valence-corrected chi connectivity index (χ1v) is 9.25. The Morgan fingerprint density at radius 3 is 2.48 bits per heavy atom. The van der Waals surface area contributed by atoms with Crippen molar-refractivity contribution in [2.24, 2.45) is 5.41 Å². The Morgan fingerprint density at radius 1 is 1.04 bits per heavy atom. The highest BCUT2D eigenvalue weighted by Crippen LogP contribution is 2.41. The maximum atomic E-state index is 12.5. The molecule has 132 valence electrons. The summed E-state index contributed by atoms with van der Waals surface area (Å²) in [6.45, 7) is 4.61. The number of carbonyl (C=O) groups excluding carboxylic acids is 1. The monoisotopic (exact) mass is 358 g/mol. The second-order valence-corrected chi connectivity index (χ2v) is 7.90. The van der Waals surface area contributed by atoms with Crippen LogP contribution in [0, 0.1) is 5.41 Å². The van der Waals surface area contributed by atoms with Crippen LogP contribution in [0.5, 0.6) is 0 Å². The second-order valence-electron chi connectivity index (χ2n) is 7.46. The number of hydrogen-bond donors (Lipinski definition) is 0. The molecule has 4 nitrogen and oxygen atoms in total. The Balaban J connectivity index is 1.34. The fraction of sp³-hybridized carbons (Fsp3) is 0.450. The fourth-order valence-electron chi connectivity index (χ4n) is 4.10. The van der Waals surface area contributed by atoms with E-state index in [4.69, 9.17) is 16.0 Å². The smallest absolute Gasteiger partial charge is 0.223 e. The van der Waals surface area contributed by atoms with Crippen molar-refractivity contribution in [2.75, 3.05) is 19.6 Å². The summed E-state index contributed by atoms with van der Waals surface area (Å²) < 4.78 is 5.16. The quantitative estimate of drug-likeness (QED) is 0.830. The van der Waals surface area contributed by atoms with Crippen molar-refractivity contribution in [1.82, 2.24) is 9.80 Å². The number of likely N-dealkylation sites (tertiary alicyclic amines) is 2. The Hall–Kier alpha value is -1.78. The van der Waals surface area contributed by atoms with Gasteiger partial charge in [0.25, 0.3) is 0 Å². The van der Waals surface area contributed by atoms with E-state index in [9.17, 15) is 4.79 Å². The zero-order valence-electron chi connectivity index (χ0n) is 14.3. The molecule has 0 saturated carbocycles. The lowest BCUT2D eigenvalue weighted by molar-refractivity contribution is -0.128. The van der Waals surface area contributed by atoms with Gasteiger partial charge in [-0.15, -0.1) is 0 Å². The molecule has 1 amide bonds. The van der Waals surface area contributed by atoms with Crippen LogP contribution in [-0.4, -0.2) is 35.3 Å². The van der Waals surface area contributed by atoms with Gasteiger partial charge in [0.05, 0.1) is 12.5 Å². The van der Waals surface area contributed by atoms with Gasteiger partial charge >= 0.3 is 0 Å². The van der Waals surface area contributed by atoms with Crippen LogP contribution in [0.3, 0.4) is 0 Å². The molecule has 0 atom stereocenters. The summed E-state index contributed by atoms with van der Waals surface area (Å²) in [5.74, 6) is 0.290. The minimum absolute atomic E-state index is 0.163. The number of carbonyl (C=O) groups is 1. The summed E-state index contributed by atoms with van der Waals surface area (Å²) in [7, 11) is 0. The van der Waals surface area contributed by atoms with Gasteiger partial charge in [-0.2, -0.15) is 0 Å². The molecule has 1 aromatic carbocycles. The molecule has 25 heavy (non-hydrogen) atoms. The summed E-state index contributed by atoms with van der Waals surface area (Å²) >= 11 is 5.95. The van der Waals surface area contributed by atoms with Gasteiger partial charge in [0, 0.05) is 36.6 Å². The van der Waals surface area contributed by atoms with Crippen LogP contribution >= 0.6 is 11.6 Å². The van der Waals surface area contributed by atoms with Crippen molar-refractivity contribution >= 4 is 17.5 Å². The molecule has 2 aromatic rings. The molecular weight excluding hydrogens is 336 g/mol. The molecule has 2 aliphatic heterocycles. The van der Waals surface area contributed by atoms with E-state index < -0.39 is 0 Å². The molecule has 1 aromatic heterocycles. The molecule has 0 N–H and O–H groups in total. The minimum atomic E-state index is 0.163. The molecule has 4 rings (SSSR count). The maximum absolute atomic E-state index is 12.5. The largest absolute Gasteiger partial charge is 0.472 e. The first kappa shape index (κ1) is 16.7. The van der Waals surface area contributed by atoms with Crippen molar-refractivity contribution in [1.29, 1.82) is 0 Å². The highest BCUT2D eigenvalue weighted by molar-refractivity contribution is 6.30. The van der Waals surface area contributed by atoms with Crippen molar-refractivity contribution in [3.05, 3.63) is 59.0 Å². The van der Waals surface area contributed by atoms with Crippen LogP contribution < -0.4 is 0 Å². The lowest BCUT2D eigenvalue weighted by Gasteiger charge is -2.38. The second kappa shape index (κ2) is 6.85. The number of nitrogens with zero attached hydrogens (tertiary/aromatic N) is 2. The molecule has 5 heteroatoms. The number of benzene rings is 1. The van der Waals surface area contributed by atoms with E-state index >= 15 is 0 Å². The Labute approximate surface area is 153 Å². The van der Waals surface area contributed by atoms with E-state index in [1.807, 2.05) is 41.5 Å². The van der Waals surface area contributed by atoms with Gasteiger partial charge in [-0.25, -0.2) is 0 Å². The number of halogens is 1. The standard InChI is InChI=1S/C20H23ClN2O2/c21-18-3-1-16(2-4-18)13-23-15-20(11-19(23)24)6-8-22(9-7-20)12-17-5-10-25-14-17/h1-5,10,14H,6-9,11-13,15H2. The summed E-state index contributed by atoms with van der Waals surface area (Å²) in [6, 6.07) is 9.82. The van der Waals surface area contributed by atoms with E-state index in [1.165, 1.54) is 5.56 Å².